The van der Waals surface area contributed by atoms with Crippen molar-refractivity contribution in [1.29, 1.82) is 0 Å². The van der Waals surface area contributed by atoms with Gasteiger partial charge in [-0.05, 0) is 30.9 Å². The minimum absolute atomic E-state index is 0.195. The molecule has 3 N–H and O–H groups in total. The number of hydrogen-bond acceptors (Lipinski definition) is 6. The Hall–Kier alpha value is -2.67. The molecule has 1 aliphatic carbocycles. The van der Waals surface area contributed by atoms with Crippen molar-refractivity contribution in [2.75, 3.05) is 12.4 Å². The van der Waals surface area contributed by atoms with Crippen LogP contribution in [-0.4, -0.2) is 44.3 Å². The van der Waals surface area contributed by atoms with E-state index in [9.17, 15) is 5.11 Å². The highest BCUT2D eigenvalue weighted by Gasteiger charge is 2.30. The number of imidazole rings is 1. The number of aromatic amines is 1. The van der Waals surface area contributed by atoms with Gasteiger partial charge in [0.2, 0.25) is 0 Å². The number of aliphatic hydroxyl groups excluding tert-OH is 1. The smallest absolute Gasteiger partial charge is 0.183 e. The van der Waals surface area contributed by atoms with Crippen molar-refractivity contribution >= 4 is 17.0 Å². The molecule has 2 aromatic heterocycles. The van der Waals surface area contributed by atoms with Crippen molar-refractivity contribution in [2.45, 2.75) is 31.9 Å². The second-order valence-electron chi connectivity index (χ2n) is 6.56. The number of H-pyrrole nitrogens is 1. The van der Waals surface area contributed by atoms with Gasteiger partial charge in [-0.15, -0.1) is 0 Å². The van der Waals surface area contributed by atoms with Crippen molar-refractivity contribution in [3.63, 3.8) is 0 Å². The molecule has 0 amide bonds. The van der Waals surface area contributed by atoms with Gasteiger partial charge in [0, 0.05) is 6.04 Å². The van der Waals surface area contributed by atoms with Crippen molar-refractivity contribution in [1.82, 2.24) is 19.9 Å². The van der Waals surface area contributed by atoms with Gasteiger partial charge in [0.05, 0.1) is 18.8 Å². The normalized spacial score (nSPS) is 23.1. The minimum atomic E-state index is -0.263. The monoisotopic (exact) mass is 339 g/mol. The molecule has 0 radical (unpaired) electrons. The first-order chi connectivity index (χ1) is 12.2. The van der Waals surface area contributed by atoms with Gasteiger partial charge in [0.25, 0.3) is 0 Å². The third-order valence-corrected chi connectivity index (χ3v) is 4.83. The number of ether oxygens (including phenoxy) is 1. The van der Waals surface area contributed by atoms with Crippen LogP contribution in [0.2, 0.25) is 0 Å². The van der Waals surface area contributed by atoms with Crippen LogP contribution < -0.4 is 10.1 Å². The molecule has 2 heterocycles. The molecule has 0 saturated heterocycles. The maximum absolute atomic E-state index is 9.96. The van der Waals surface area contributed by atoms with E-state index in [1.165, 1.54) is 6.33 Å². The molecule has 1 aromatic carbocycles. The highest BCUT2D eigenvalue weighted by Crippen LogP contribution is 2.32. The zero-order valence-electron chi connectivity index (χ0n) is 14.2. The van der Waals surface area contributed by atoms with Crippen LogP contribution in [0.4, 0.5) is 5.82 Å². The van der Waals surface area contributed by atoms with Gasteiger partial charge in [-0.1, -0.05) is 19.1 Å². The zero-order valence-corrected chi connectivity index (χ0v) is 14.2. The number of fused-ring (bicyclic) bond motifs is 1. The fraction of sp³-hybridized carbons (Fsp3) is 0.389. The Balaban J connectivity index is 1.69. The van der Waals surface area contributed by atoms with E-state index in [4.69, 9.17) is 4.74 Å². The summed E-state index contributed by atoms with van der Waals surface area (Å²) in [6.45, 7) is 2.07. The van der Waals surface area contributed by atoms with Gasteiger partial charge in [0.1, 0.15) is 23.4 Å². The molecule has 25 heavy (non-hydrogen) atoms. The molecule has 1 fully saturated rings. The van der Waals surface area contributed by atoms with Gasteiger partial charge in [-0.25, -0.2) is 15.0 Å². The van der Waals surface area contributed by atoms with Crippen molar-refractivity contribution in [3.05, 3.63) is 30.6 Å². The van der Waals surface area contributed by atoms with E-state index < -0.39 is 0 Å². The third-order valence-electron chi connectivity index (χ3n) is 4.83. The lowest BCUT2D eigenvalue weighted by Crippen LogP contribution is -2.17. The largest absolute Gasteiger partial charge is 0.496 e. The Morgan fingerprint density at radius 2 is 2.08 bits per heavy atom. The quantitative estimate of drug-likeness (QED) is 0.676. The topological polar surface area (TPSA) is 96.0 Å². The predicted octanol–water partition coefficient (Wildman–Crippen LogP) is 2.60. The first kappa shape index (κ1) is 15.8. The van der Waals surface area contributed by atoms with Crippen LogP contribution in [0.25, 0.3) is 22.6 Å². The summed E-state index contributed by atoms with van der Waals surface area (Å²) in [6, 6.07) is 7.91. The first-order valence-electron chi connectivity index (χ1n) is 8.44. The Morgan fingerprint density at radius 1 is 1.24 bits per heavy atom. The summed E-state index contributed by atoms with van der Waals surface area (Å²) < 4.78 is 5.42. The molecule has 1 saturated carbocycles. The number of methoxy groups -OCH3 is 1. The Bertz CT molecular complexity index is 884. The van der Waals surface area contributed by atoms with E-state index >= 15 is 0 Å². The summed E-state index contributed by atoms with van der Waals surface area (Å²) >= 11 is 0. The fourth-order valence-corrected chi connectivity index (χ4v) is 3.44. The zero-order chi connectivity index (χ0) is 17.4. The molecule has 7 heteroatoms. The summed E-state index contributed by atoms with van der Waals surface area (Å²) in [7, 11) is 1.64. The van der Waals surface area contributed by atoms with E-state index in [1.54, 1.807) is 7.11 Å². The predicted molar refractivity (Wildman–Crippen MR) is 95.5 cm³/mol. The summed E-state index contributed by atoms with van der Waals surface area (Å²) in [6.07, 6.45) is 2.88. The second-order valence-corrected chi connectivity index (χ2v) is 6.56. The lowest BCUT2D eigenvalue weighted by Gasteiger charge is -2.12. The first-order valence-corrected chi connectivity index (χ1v) is 8.44. The van der Waals surface area contributed by atoms with Crippen LogP contribution in [-0.2, 0) is 0 Å². The lowest BCUT2D eigenvalue weighted by molar-refractivity contribution is 0.141. The van der Waals surface area contributed by atoms with Crippen LogP contribution in [0.3, 0.4) is 0 Å². The van der Waals surface area contributed by atoms with Gasteiger partial charge in [-0.3, -0.25) is 0 Å². The molecule has 7 nitrogen and oxygen atoms in total. The summed E-state index contributed by atoms with van der Waals surface area (Å²) in [4.78, 5) is 16.5. The summed E-state index contributed by atoms with van der Waals surface area (Å²) in [5, 5.41) is 13.4. The molecule has 130 valence electrons. The third kappa shape index (κ3) is 2.91. The van der Waals surface area contributed by atoms with Crippen molar-refractivity contribution in [3.8, 4) is 17.1 Å². The fourth-order valence-electron chi connectivity index (χ4n) is 3.44. The molecule has 0 spiro atoms. The number of rotatable bonds is 4. The number of nitrogens with zero attached hydrogens (tertiary/aromatic N) is 3. The van der Waals surface area contributed by atoms with E-state index in [2.05, 4.69) is 32.2 Å². The number of anilines is 1. The Morgan fingerprint density at radius 3 is 2.84 bits per heavy atom. The second kappa shape index (κ2) is 6.33. The van der Waals surface area contributed by atoms with Crippen molar-refractivity contribution < 1.29 is 9.84 Å². The Labute approximate surface area is 145 Å². The van der Waals surface area contributed by atoms with Crippen LogP contribution in [0, 0.1) is 5.92 Å². The highest BCUT2D eigenvalue weighted by atomic mass is 16.5. The number of para-hydroxylation sites is 1. The van der Waals surface area contributed by atoms with Gasteiger partial charge >= 0.3 is 0 Å². The van der Waals surface area contributed by atoms with Crippen LogP contribution >= 0.6 is 0 Å². The van der Waals surface area contributed by atoms with E-state index in [0.29, 0.717) is 23.2 Å². The van der Waals surface area contributed by atoms with Crippen LogP contribution in [0.15, 0.2) is 30.6 Å². The molecular formula is C18H21N5O2. The van der Waals surface area contributed by atoms with Gasteiger partial charge < -0.3 is 20.1 Å². The number of aliphatic hydroxyl groups is 1. The summed E-state index contributed by atoms with van der Waals surface area (Å²) in [5.41, 5.74) is 2.24. The molecule has 0 bridgehead atoms. The molecule has 3 aromatic rings. The maximum atomic E-state index is 9.96. The molecule has 0 unspecified atom stereocenters. The molecule has 4 rings (SSSR count). The van der Waals surface area contributed by atoms with Crippen LogP contribution in [0.1, 0.15) is 19.8 Å². The molecule has 3 atom stereocenters. The Kier molecular flexibility index (Phi) is 4.01. The molecule has 0 aliphatic heterocycles. The van der Waals surface area contributed by atoms with Crippen LogP contribution in [0.5, 0.6) is 5.75 Å². The van der Waals surface area contributed by atoms with Gasteiger partial charge in [-0.2, -0.15) is 0 Å². The molecular weight excluding hydrogens is 318 g/mol. The lowest BCUT2D eigenvalue weighted by atomic mass is 10.1. The maximum Gasteiger partial charge on any atom is 0.183 e. The number of aromatic nitrogens is 4. The number of benzene rings is 1. The standard InChI is InChI=1S/C18H21N5O2/c1-10-7-11(8-13(10)24)21-17-15-18(20-9-19-17)23-16(22-15)12-5-3-4-6-14(12)25-2/h3-6,9-11,13,24H,7-8H2,1-2H3,(H2,19,20,21,22,23)/t10-,11+,13-/m0/s1. The van der Waals surface area contributed by atoms with Gasteiger partial charge in [0.15, 0.2) is 11.5 Å². The van der Waals surface area contributed by atoms with Crippen molar-refractivity contribution in [2.24, 2.45) is 5.92 Å². The van der Waals surface area contributed by atoms with E-state index in [0.717, 1.165) is 29.7 Å². The number of hydrogen-bond donors (Lipinski definition) is 3. The number of nitrogens with one attached hydrogen (secondary N) is 2. The minimum Gasteiger partial charge on any atom is -0.496 e. The summed E-state index contributed by atoms with van der Waals surface area (Å²) in [5.74, 6) is 2.44. The molecule has 1 aliphatic rings. The highest BCUT2D eigenvalue weighted by molar-refractivity contribution is 5.86. The van der Waals surface area contributed by atoms with E-state index in [-0.39, 0.29) is 12.1 Å². The SMILES string of the molecule is COc1ccccc1-c1nc2ncnc(N[C@@H]3C[C@H](C)[C@@H](O)C3)c2[nH]1. The van der Waals surface area contributed by atoms with E-state index in [1.807, 2.05) is 24.3 Å². The average molecular weight is 339 g/mol. The average Bonchev–Trinajstić information content (AvgIpc) is 3.19.